The smallest absolute Gasteiger partial charge is 0.403 e. The van der Waals surface area contributed by atoms with E-state index in [1.54, 1.807) is 0 Å². The molecule has 2 aliphatic carbocycles. The summed E-state index contributed by atoms with van der Waals surface area (Å²) < 4.78 is 26.2. The molecular formula is C19H34B2O4. The lowest BCUT2D eigenvalue weighted by molar-refractivity contribution is 0.00578. The molecule has 0 amide bonds. The minimum atomic E-state index is -0.319. The zero-order chi connectivity index (χ0) is 18.5. The third-order valence-electron chi connectivity index (χ3n) is 8.26. The average molecular weight is 348 g/mol. The van der Waals surface area contributed by atoms with Gasteiger partial charge in [-0.2, -0.15) is 0 Å². The number of hydrogen-bond acceptors (Lipinski definition) is 4. The summed E-state index contributed by atoms with van der Waals surface area (Å²) in [6, 6.07) is 0. The molecule has 0 aromatic rings. The fraction of sp³-hybridized carbons (Fsp3) is 1.00. The quantitative estimate of drug-likeness (QED) is 0.699. The van der Waals surface area contributed by atoms with E-state index in [1.807, 2.05) is 0 Å². The summed E-state index contributed by atoms with van der Waals surface area (Å²) in [5.41, 5.74) is -1.28. The van der Waals surface area contributed by atoms with Crippen LogP contribution in [0.2, 0.25) is 5.21 Å². The van der Waals surface area contributed by atoms with Gasteiger partial charge in [0.25, 0.3) is 0 Å². The van der Waals surface area contributed by atoms with Gasteiger partial charge >= 0.3 is 14.2 Å². The Morgan fingerprint density at radius 2 is 0.840 bits per heavy atom. The van der Waals surface area contributed by atoms with Gasteiger partial charge in [0, 0.05) is 5.21 Å². The Kier molecular flexibility index (Phi) is 3.72. The first-order chi connectivity index (χ1) is 11.4. The highest BCUT2D eigenvalue weighted by molar-refractivity contribution is 6.73. The van der Waals surface area contributed by atoms with E-state index in [0.717, 1.165) is 0 Å². The van der Waals surface area contributed by atoms with E-state index >= 15 is 0 Å². The first-order valence-electron chi connectivity index (χ1n) is 10.1. The van der Waals surface area contributed by atoms with Crippen LogP contribution >= 0.6 is 0 Å². The average Bonchev–Trinajstić information content (AvgIpc) is 3.00. The predicted octanol–water partition coefficient (Wildman–Crippen LogP) is 4.27. The molecule has 4 rings (SSSR count). The van der Waals surface area contributed by atoms with Gasteiger partial charge in [-0.05, 0) is 67.2 Å². The van der Waals surface area contributed by atoms with Crippen molar-refractivity contribution >= 4 is 14.2 Å². The second kappa shape index (κ2) is 5.06. The predicted molar refractivity (Wildman–Crippen MR) is 100 cm³/mol. The van der Waals surface area contributed by atoms with Crippen molar-refractivity contribution in [3.63, 3.8) is 0 Å². The van der Waals surface area contributed by atoms with Crippen LogP contribution < -0.4 is 0 Å². The fourth-order valence-corrected chi connectivity index (χ4v) is 5.12. The van der Waals surface area contributed by atoms with E-state index in [0.29, 0.717) is 11.8 Å². The Balaban J connectivity index is 1.70. The van der Waals surface area contributed by atoms with Crippen molar-refractivity contribution < 1.29 is 18.6 Å². The van der Waals surface area contributed by atoms with Crippen LogP contribution in [0.4, 0.5) is 0 Å². The van der Waals surface area contributed by atoms with E-state index in [2.05, 4.69) is 55.4 Å². The number of fused-ring (bicyclic) bond motifs is 1. The molecule has 0 aromatic heterocycles. The fourth-order valence-electron chi connectivity index (χ4n) is 5.12. The molecule has 140 valence electrons. The first kappa shape index (κ1) is 18.3. The van der Waals surface area contributed by atoms with Crippen molar-refractivity contribution in [3.05, 3.63) is 0 Å². The Morgan fingerprint density at radius 1 is 0.560 bits per heavy atom. The molecule has 4 fully saturated rings. The second-order valence-electron chi connectivity index (χ2n) is 10.7. The van der Waals surface area contributed by atoms with E-state index in [1.165, 1.54) is 25.7 Å². The summed E-state index contributed by atoms with van der Waals surface area (Å²) in [7, 11) is -0.499. The molecular weight excluding hydrogens is 314 g/mol. The zero-order valence-corrected chi connectivity index (χ0v) is 17.3. The van der Waals surface area contributed by atoms with Crippen molar-refractivity contribution in [3.8, 4) is 0 Å². The van der Waals surface area contributed by atoms with Crippen LogP contribution in [0.15, 0.2) is 0 Å². The molecule has 6 heteroatoms. The van der Waals surface area contributed by atoms with Crippen LogP contribution in [0.1, 0.15) is 81.1 Å². The van der Waals surface area contributed by atoms with E-state index in [4.69, 9.17) is 18.6 Å². The minimum Gasteiger partial charge on any atom is -0.403 e. The molecule has 0 N–H and O–H groups in total. The molecule has 25 heavy (non-hydrogen) atoms. The van der Waals surface area contributed by atoms with Gasteiger partial charge in [0.1, 0.15) is 0 Å². The van der Waals surface area contributed by atoms with Crippen LogP contribution in [-0.4, -0.2) is 36.6 Å². The molecule has 0 bridgehead atoms. The minimum absolute atomic E-state index is 0.160. The standard InChI is InChI=1S/C19H34B2O4/c1-15(2)16(3,4)23-20(22-15)19(13-11-9-10-12-14(13)19)21-24-17(5,6)18(7,8)25-21/h13-14H,9-12H2,1-8H3/t13-,14+. The molecule has 0 unspecified atom stereocenters. The van der Waals surface area contributed by atoms with Gasteiger partial charge in [-0.1, -0.05) is 25.7 Å². The Bertz CT molecular complexity index is 490. The van der Waals surface area contributed by atoms with Gasteiger partial charge in [0.15, 0.2) is 0 Å². The van der Waals surface area contributed by atoms with Crippen molar-refractivity contribution in [2.24, 2.45) is 11.8 Å². The highest BCUT2D eigenvalue weighted by Gasteiger charge is 2.83. The summed E-state index contributed by atoms with van der Waals surface area (Å²) >= 11 is 0. The molecule has 4 nitrogen and oxygen atoms in total. The molecule has 0 aromatic carbocycles. The van der Waals surface area contributed by atoms with Crippen LogP contribution in [0.3, 0.4) is 0 Å². The molecule has 0 spiro atoms. The van der Waals surface area contributed by atoms with Gasteiger partial charge in [-0.3, -0.25) is 0 Å². The van der Waals surface area contributed by atoms with Crippen molar-refractivity contribution in [1.29, 1.82) is 0 Å². The van der Waals surface area contributed by atoms with E-state index in [9.17, 15) is 0 Å². The molecule has 2 atom stereocenters. The lowest BCUT2D eigenvalue weighted by Gasteiger charge is -2.32. The maximum Gasteiger partial charge on any atom is 0.462 e. The molecule has 0 radical (unpaired) electrons. The monoisotopic (exact) mass is 348 g/mol. The van der Waals surface area contributed by atoms with E-state index < -0.39 is 0 Å². The second-order valence-corrected chi connectivity index (χ2v) is 10.7. The highest BCUT2D eigenvalue weighted by Crippen LogP contribution is 2.76. The topological polar surface area (TPSA) is 36.9 Å². The normalized spacial score (nSPS) is 39.4. The number of rotatable bonds is 2. The van der Waals surface area contributed by atoms with E-state index in [-0.39, 0.29) is 41.9 Å². The maximum absolute atomic E-state index is 6.55. The Morgan fingerprint density at radius 3 is 1.12 bits per heavy atom. The van der Waals surface area contributed by atoms with Crippen molar-refractivity contribution in [2.45, 2.75) is 109 Å². The van der Waals surface area contributed by atoms with Gasteiger partial charge in [-0.15, -0.1) is 0 Å². The summed E-state index contributed by atoms with van der Waals surface area (Å²) in [6.45, 7) is 17.1. The number of hydrogen-bond donors (Lipinski definition) is 0. The van der Waals surface area contributed by atoms with Crippen LogP contribution in [0.5, 0.6) is 0 Å². The summed E-state index contributed by atoms with van der Waals surface area (Å²) in [4.78, 5) is 0. The Labute approximate surface area is 154 Å². The summed E-state index contributed by atoms with van der Waals surface area (Å²) in [5.74, 6) is 1.18. The zero-order valence-electron chi connectivity index (χ0n) is 17.3. The summed E-state index contributed by atoms with van der Waals surface area (Å²) in [5, 5.41) is -0.160. The molecule has 4 aliphatic rings. The molecule has 2 aliphatic heterocycles. The maximum atomic E-state index is 6.55. The molecule has 2 saturated heterocycles. The lowest BCUT2D eigenvalue weighted by Crippen LogP contribution is -2.42. The van der Waals surface area contributed by atoms with Gasteiger partial charge in [0.2, 0.25) is 0 Å². The van der Waals surface area contributed by atoms with Gasteiger partial charge in [0.05, 0.1) is 22.4 Å². The molecule has 2 saturated carbocycles. The van der Waals surface area contributed by atoms with Gasteiger partial charge < -0.3 is 18.6 Å². The highest BCUT2D eigenvalue weighted by atomic mass is 16.7. The lowest BCUT2D eigenvalue weighted by atomic mass is 9.45. The third-order valence-corrected chi connectivity index (χ3v) is 8.26. The largest absolute Gasteiger partial charge is 0.462 e. The SMILES string of the molecule is CC1(C)OB(C2(B3OC(C)(C)C(C)(C)O3)[C@@H]3CCCC[C@@H]32)OC1(C)C. The Hall–Kier alpha value is -0.0301. The van der Waals surface area contributed by atoms with Crippen molar-refractivity contribution in [1.82, 2.24) is 0 Å². The van der Waals surface area contributed by atoms with Crippen molar-refractivity contribution in [2.75, 3.05) is 0 Å². The van der Waals surface area contributed by atoms with Crippen LogP contribution in [0, 0.1) is 11.8 Å². The molecule has 2 heterocycles. The van der Waals surface area contributed by atoms with Crippen LogP contribution in [0.25, 0.3) is 0 Å². The third kappa shape index (κ3) is 2.30. The van der Waals surface area contributed by atoms with Gasteiger partial charge in [-0.25, -0.2) is 0 Å². The first-order valence-corrected chi connectivity index (χ1v) is 10.1. The summed E-state index contributed by atoms with van der Waals surface area (Å²) in [6.07, 6.45) is 5.06. The van der Waals surface area contributed by atoms with Crippen LogP contribution in [-0.2, 0) is 18.6 Å².